The van der Waals surface area contributed by atoms with Crippen molar-refractivity contribution in [3.8, 4) is 0 Å². The molecular formula is C17H31N3O. The molecule has 4 nitrogen and oxygen atoms in total. The van der Waals surface area contributed by atoms with Gasteiger partial charge < -0.3 is 15.0 Å². The molecule has 0 fully saturated rings. The highest BCUT2D eigenvalue weighted by atomic mass is 16.5. The largest absolute Gasteiger partial charge is 0.377 e. The lowest BCUT2D eigenvalue weighted by Crippen LogP contribution is -2.26. The maximum absolute atomic E-state index is 5.62. The number of likely N-dealkylation sites (N-methyl/N-ethyl adjacent to an activating group) is 1. The van der Waals surface area contributed by atoms with E-state index < -0.39 is 0 Å². The molecule has 0 radical (unpaired) electrons. The van der Waals surface area contributed by atoms with E-state index in [4.69, 9.17) is 9.72 Å². The van der Waals surface area contributed by atoms with E-state index in [-0.39, 0.29) is 6.10 Å². The smallest absolute Gasteiger partial charge is 0.128 e. The minimum absolute atomic E-state index is 0.277. The van der Waals surface area contributed by atoms with Crippen molar-refractivity contribution >= 4 is 5.82 Å². The van der Waals surface area contributed by atoms with Crippen LogP contribution in [0.1, 0.15) is 45.9 Å². The molecule has 0 unspecified atom stereocenters. The summed E-state index contributed by atoms with van der Waals surface area (Å²) in [6.07, 6.45) is 1.23. The number of hydrogen-bond donors (Lipinski definition) is 1. The third-order valence-corrected chi connectivity index (χ3v) is 3.27. The van der Waals surface area contributed by atoms with E-state index in [2.05, 4.69) is 64.0 Å². The SMILES string of the molecule is CCc1cc(CNC(C)C)cc(N(C)CCOC(C)C)n1. The standard InChI is InChI=1S/C17H31N3O/c1-7-16-10-15(12-18-13(2)3)11-17(19-16)20(6)8-9-21-14(4)5/h10-11,13-14,18H,7-9,12H2,1-6H3. The van der Waals surface area contributed by atoms with E-state index in [9.17, 15) is 0 Å². The Balaban J connectivity index is 2.72. The molecule has 1 heterocycles. The van der Waals surface area contributed by atoms with Crippen molar-refractivity contribution < 1.29 is 4.74 Å². The second kappa shape index (κ2) is 9.00. The number of rotatable bonds is 9. The summed E-state index contributed by atoms with van der Waals surface area (Å²) in [5.41, 5.74) is 2.44. The first-order chi connectivity index (χ1) is 9.92. The highest BCUT2D eigenvalue weighted by Gasteiger charge is 2.07. The molecule has 120 valence electrons. The minimum atomic E-state index is 0.277. The number of ether oxygens (including phenoxy) is 1. The van der Waals surface area contributed by atoms with Crippen LogP contribution in [0.2, 0.25) is 0 Å². The maximum Gasteiger partial charge on any atom is 0.128 e. The molecule has 1 rings (SSSR count). The topological polar surface area (TPSA) is 37.4 Å². The number of nitrogens with zero attached hydrogens (tertiary/aromatic N) is 2. The molecule has 1 aromatic rings. The molecule has 0 amide bonds. The molecule has 0 aliphatic rings. The molecule has 4 heteroatoms. The Bertz CT molecular complexity index is 418. The van der Waals surface area contributed by atoms with E-state index in [0.717, 1.165) is 37.6 Å². The van der Waals surface area contributed by atoms with E-state index in [1.165, 1.54) is 5.56 Å². The van der Waals surface area contributed by atoms with E-state index in [0.29, 0.717) is 6.04 Å². The third-order valence-electron chi connectivity index (χ3n) is 3.27. The molecule has 0 aliphatic carbocycles. The number of aromatic nitrogens is 1. The fourth-order valence-electron chi connectivity index (χ4n) is 1.97. The second-order valence-electron chi connectivity index (χ2n) is 6.06. The zero-order valence-electron chi connectivity index (χ0n) is 14.4. The first-order valence-corrected chi connectivity index (χ1v) is 7.98. The van der Waals surface area contributed by atoms with Crippen LogP contribution in [0.3, 0.4) is 0 Å². The molecule has 0 saturated carbocycles. The quantitative estimate of drug-likeness (QED) is 0.759. The van der Waals surface area contributed by atoms with Gasteiger partial charge in [0.2, 0.25) is 0 Å². The zero-order chi connectivity index (χ0) is 15.8. The molecule has 1 aromatic heterocycles. The van der Waals surface area contributed by atoms with E-state index in [1.54, 1.807) is 0 Å². The summed E-state index contributed by atoms with van der Waals surface area (Å²) in [6.45, 7) is 13.1. The van der Waals surface area contributed by atoms with Crippen molar-refractivity contribution in [2.24, 2.45) is 0 Å². The summed E-state index contributed by atoms with van der Waals surface area (Å²) in [7, 11) is 2.07. The van der Waals surface area contributed by atoms with Gasteiger partial charge >= 0.3 is 0 Å². The van der Waals surface area contributed by atoms with Gasteiger partial charge in [0.15, 0.2) is 0 Å². The number of anilines is 1. The lowest BCUT2D eigenvalue weighted by atomic mass is 10.2. The number of aryl methyl sites for hydroxylation is 1. The Kier molecular flexibility index (Phi) is 7.68. The lowest BCUT2D eigenvalue weighted by molar-refractivity contribution is 0.0845. The number of hydrogen-bond acceptors (Lipinski definition) is 4. The van der Waals surface area contributed by atoms with Gasteiger partial charge in [-0.05, 0) is 38.0 Å². The van der Waals surface area contributed by atoms with Crippen molar-refractivity contribution in [3.05, 3.63) is 23.4 Å². The summed E-state index contributed by atoms with van der Waals surface area (Å²) in [5.74, 6) is 1.03. The lowest BCUT2D eigenvalue weighted by Gasteiger charge is -2.21. The highest BCUT2D eigenvalue weighted by Crippen LogP contribution is 2.15. The van der Waals surface area contributed by atoms with E-state index >= 15 is 0 Å². The van der Waals surface area contributed by atoms with Crippen molar-refractivity contribution in [1.82, 2.24) is 10.3 Å². The van der Waals surface area contributed by atoms with Crippen LogP contribution in [0.15, 0.2) is 12.1 Å². The van der Waals surface area contributed by atoms with Crippen molar-refractivity contribution in [2.45, 2.75) is 59.7 Å². The Morgan fingerprint density at radius 3 is 2.52 bits per heavy atom. The van der Waals surface area contributed by atoms with Crippen molar-refractivity contribution in [2.75, 3.05) is 25.1 Å². The highest BCUT2D eigenvalue weighted by molar-refractivity contribution is 5.42. The number of nitrogens with one attached hydrogen (secondary N) is 1. The Labute approximate surface area is 129 Å². The van der Waals surface area contributed by atoms with Crippen molar-refractivity contribution in [3.63, 3.8) is 0 Å². The van der Waals surface area contributed by atoms with Gasteiger partial charge in [0.05, 0.1) is 12.7 Å². The summed E-state index contributed by atoms with van der Waals surface area (Å²) >= 11 is 0. The summed E-state index contributed by atoms with van der Waals surface area (Å²) in [6, 6.07) is 4.85. The van der Waals surface area contributed by atoms with Gasteiger partial charge in [-0.15, -0.1) is 0 Å². The number of pyridine rings is 1. The summed E-state index contributed by atoms with van der Waals surface area (Å²) in [4.78, 5) is 6.89. The summed E-state index contributed by atoms with van der Waals surface area (Å²) < 4.78 is 5.62. The molecule has 21 heavy (non-hydrogen) atoms. The van der Waals surface area contributed by atoms with Crippen LogP contribution in [0.5, 0.6) is 0 Å². The molecule has 0 spiro atoms. The molecule has 0 saturated heterocycles. The Hall–Kier alpha value is -1.13. The fourth-order valence-corrected chi connectivity index (χ4v) is 1.97. The Morgan fingerprint density at radius 2 is 1.95 bits per heavy atom. The second-order valence-corrected chi connectivity index (χ2v) is 6.06. The first kappa shape index (κ1) is 17.9. The van der Waals surface area contributed by atoms with Crippen LogP contribution in [0.4, 0.5) is 5.82 Å². The minimum Gasteiger partial charge on any atom is -0.377 e. The summed E-state index contributed by atoms with van der Waals surface area (Å²) in [5, 5.41) is 3.47. The van der Waals surface area contributed by atoms with Gasteiger partial charge in [0, 0.05) is 31.9 Å². The van der Waals surface area contributed by atoms with Crippen LogP contribution in [0.25, 0.3) is 0 Å². The van der Waals surface area contributed by atoms with E-state index in [1.807, 2.05) is 0 Å². The molecular weight excluding hydrogens is 262 g/mol. The Morgan fingerprint density at radius 1 is 1.24 bits per heavy atom. The third kappa shape index (κ3) is 6.91. The first-order valence-electron chi connectivity index (χ1n) is 7.98. The zero-order valence-corrected chi connectivity index (χ0v) is 14.4. The van der Waals surface area contributed by atoms with Crippen LogP contribution < -0.4 is 10.2 Å². The van der Waals surface area contributed by atoms with Gasteiger partial charge in [-0.3, -0.25) is 0 Å². The average molecular weight is 293 g/mol. The van der Waals surface area contributed by atoms with Gasteiger partial charge in [-0.25, -0.2) is 4.98 Å². The average Bonchev–Trinajstić information content (AvgIpc) is 2.44. The van der Waals surface area contributed by atoms with Gasteiger partial charge in [-0.2, -0.15) is 0 Å². The van der Waals surface area contributed by atoms with Gasteiger partial charge in [-0.1, -0.05) is 20.8 Å². The van der Waals surface area contributed by atoms with Gasteiger partial charge in [0.25, 0.3) is 0 Å². The molecule has 0 atom stereocenters. The normalized spacial score (nSPS) is 11.4. The predicted molar refractivity (Wildman–Crippen MR) is 89.9 cm³/mol. The van der Waals surface area contributed by atoms with Crippen LogP contribution in [0, 0.1) is 0 Å². The van der Waals surface area contributed by atoms with Gasteiger partial charge in [0.1, 0.15) is 5.82 Å². The fraction of sp³-hybridized carbons (Fsp3) is 0.706. The molecule has 0 aliphatic heterocycles. The molecule has 1 N–H and O–H groups in total. The molecule has 0 bridgehead atoms. The predicted octanol–water partition coefficient (Wildman–Crippen LogP) is 3.00. The van der Waals surface area contributed by atoms with Crippen LogP contribution >= 0.6 is 0 Å². The molecule has 0 aromatic carbocycles. The van der Waals surface area contributed by atoms with Crippen molar-refractivity contribution in [1.29, 1.82) is 0 Å². The van der Waals surface area contributed by atoms with Crippen LogP contribution in [-0.2, 0) is 17.7 Å². The monoisotopic (exact) mass is 293 g/mol. The van der Waals surface area contributed by atoms with Crippen LogP contribution in [-0.4, -0.2) is 37.3 Å². The maximum atomic E-state index is 5.62.